The lowest BCUT2D eigenvalue weighted by Gasteiger charge is -2.00. The molecule has 1 rings (SSSR count). The van der Waals surface area contributed by atoms with Gasteiger partial charge in [-0.25, -0.2) is 0 Å². The molecule has 6 heteroatoms. The Bertz CT molecular complexity index is 317. The number of nitriles is 1. The zero-order chi connectivity index (χ0) is 10.2. The zero-order valence-corrected chi connectivity index (χ0v) is 8.38. The summed E-state index contributed by atoms with van der Waals surface area (Å²) in [5, 5.41) is 16.2. The van der Waals surface area contributed by atoms with Gasteiger partial charge >= 0.3 is 0 Å². The number of nitrogens with one attached hydrogen (secondary N) is 1. The van der Waals surface area contributed by atoms with Gasteiger partial charge in [0.1, 0.15) is 0 Å². The number of rotatable bonds is 5. The topological polar surface area (TPSA) is 78.7 Å². The van der Waals surface area contributed by atoms with Crippen LogP contribution in [0.15, 0.2) is 5.38 Å². The predicted molar refractivity (Wildman–Crippen MR) is 51.7 cm³/mol. The molecule has 1 amide bonds. The van der Waals surface area contributed by atoms with Crippen LogP contribution in [0.4, 0.5) is 0 Å². The van der Waals surface area contributed by atoms with Gasteiger partial charge in [0.15, 0.2) is 5.69 Å². The number of carbonyl (C=O) groups is 1. The van der Waals surface area contributed by atoms with E-state index in [1.54, 1.807) is 5.38 Å². The van der Waals surface area contributed by atoms with Crippen LogP contribution in [0.25, 0.3) is 0 Å². The molecule has 0 saturated carbocycles. The molecule has 0 aliphatic carbocycles. The Morgan fingerprint density at radius 3 is 3.14 bits per heavy atom. The Morgan fingerprint density at radius 2 is 2.50 bits per heavy atom. The van der Waals surface area contributed by atoms with E-state index in [2.05, 4.69) is 14.9 Å². The molecule has 5 nitrogen and oxygen atoms in total. The van der Waals surface area contributed by atoms with Gasteiger partial charge in [-0.05, 0) is 24.4 Å². The van der Waals surface area contributed by atoms with Crippen molar-refractivity contribution in [1.82, 2.24) is 14.9 Å². The first-order valence-corrected chi connectivity index (χ1v) is 5.10. The summed E-state index contributed by atoms with van der Waals surface area (Å²) in [5.41, 5.74) is 0.357. The van der Waals surface area contributed by atoms with E-state index < -0.39 is 0 Å². The maximum atomic E-state index is 11.3. The van der Waals surface area contributed by atoms with E-state index in [0.29, 0.717) is 18.7 Å². The minimum Gasteiger partial charge on any atom is -0.351 e. The maximum Gasteiger partial charge on any atom is 0.272 e. The molecule has 0 fully saturated rings. The van der Waals surface area contributed by atoms with Gasteiger partial charge in [0.25, 0.3) is 5.91 Å². The fraction of sp³-hybridized carbons (Fsp3) is 0.500. The Labute approximate surface area is 85.9 Å². The number of unbranched alkanes of at least 4 members (excludes halogenated alkanes) is 2. The second kappa shape index (κ2) is 6.05. The molecule has 0 bridgehead atoms. The van der Waals surface area contributed by atoms with Crippen molar-refractivity contribution >= 4 is 17.4 Å². The van der Waals surface area contributed by atoms with Crippen LogP contribution in [0.2, 0.25) is 0 Å². The Balaban J connectivity index is 2.14. The monoisotopic (exact) mass is 210 g/mol. The highest BCUT2D eigenvalue weighted by atomic mass is 32.1. The normalized spacial score (nSPS) is 9.36. The van der Waals surface area contributed by atoms with Gasteiger partial charge < -0.3 is 5.32 Å². The fourth-order valence-corrected chi connectivity index (χ4v) is 1.32. The van der Waals surface area contributed by atoms with Crippen molar-refractivity contribution in [3.63, 3.8) is 0 Å². The summed E-state index contributed by atoms with van der Waals surface area (Å²) in [6.45, 7) is 0.581. The lowest BCUT2D eigenvalue weighted by molar-refractivity contribution is 0.0948. The average molecular weight is 210 g/mol. The molecule has 0 aliphatic heterocycles. The maximum absolute atomic E-state index is 11.3. The largest absolute Gasteiger partial charge is 0.351 e. The first kappa shape index (κ1) is 10.6. The van der Waals surface area contributed by atoms with E-state index in [-0.39, 0.29) is 5.91 Å². The van der Waals surface area contributed by atoms with Crippen molar-refractivity contribution in [3.05, 3.63) is 11.1 Å². The van der Waals surface area contributed by atoms with Crippen molar-refractivity contribution in [2.24, 2.45) is 0 Å². The molecule has 0 spiro atoms. The third kappa shape index (κ3) is 3.49. The molecule has 74 valence electrons. The minimum atomic E-state index is -0.198. The standard InChI is InChI=1S/C8H10N4OS/c9-4-2-1-3-5-10-8(13)7-6-14-12-11-7/h6H,1-3,5H2,(H,10,13). The van der Waals surface area contributed by atoms with Gasteiger partial charge in [-0.2, -0.15) is 5.26 Å². The summed E-state index contributed by atoms with van der Waals surface area (Å²) in [4.78, 5) is 11.3. The number of nitrogens with zero attached hydrogens (tertiary/aromatic N) is 3. The van der Waals surface area contributed by atoms with Gasteiger partial charge in [0, 0.05) is 18.3 Å². The summed E-state index contributed by atoms with van der Waals surface area (Å²) in [5.74, 6) is -0.198. The lowest BCUT2D eigenvalue weighted by atomic mass is 10.2. The van der Waals surface area contributed by atoms with Gasteiger partial charge in [-0.15, -0.1) is 5.10 Å². The molecule has 1 heterocycles. The Morgan fingerprint density at radius 1 is 1.64 bits per heavy atom. The van der Waals surface area contributed by atoms with Crippen LogP contribution in [0.3, 0.4) is 0 Å². The van der Waals surface area contributed by atoms with Gasteiger partial charge in [-0.1, -0.05) is 4.49 Å². The van der Waals surface area contributed by atoms with E-state index >= 15 is 0 Å². The second-order valence-electron chi connectivity index (χ2n) is 2.66. The van der Waals surface area contributed by atoms with Crippen LogP contribution in [0, 0.1) is 11.3 Å². The highest BCUT2D eigenvalue weighted by Gasteiger charge is 2.06. The fourth-order valence-electron chi connectivity index (χ4n) is 0.885. The highest BCUT2D eigenvalue weighted by molar-refractivity contribution is 7.03. The molecule has 1 N–H and O–H groups in total. The lowest BCUT2D eigenvalue weighted by Crippen LogP contribution is -2.24. The van der Waals surface area contributed by atoms with Crippen LogP contribution in [-0.4, -0.2) is 22.0 Å². The minimum absolute atomic E-state index is 0.198. The molecule has 0 atom stereocenters. The van der Waals surface area contributed by atoms with Crippen LogP contribution in [0.5, 0.6) is 0 Å². The van der Waals surface area contributed by atoms with Crippen molar-refractivity contribution < 1.29 is 4.79 Å². The van der Waals surface area contributed by atoms with Crippen LogP contribution in [0.1, 0.15) is 29.8 Å². The number of hydrogen-bond donors (Lipinski definition) is 1. The predicted octanol–water partition coefficient (Wildman–Crippen LogP) is 0.962. The molecule has 1 aromatic heterocycles. The zero-order valence-electron chi connectivity index (χ0n) is 7.56. The molecule has 0 aromatic carbocycles. The van der Waals surface area contributed by atoms with Crippen molar-refractivity contribution in [2.75, 3.05) is 6.54 Å². The highest BCUT2D eigenvalue weighted by Crippen LogP contribution is 1.97. The van der Waals surface area contributed by atoms with E-state index in [4.69, 9.17) is 5.26 Å². The molecule has 14 heavy (non-hydrogen) atoms. The quantitative estimate of drug-likeness (QED) is 0.734. The summed E-state index contributed by atoms with van der Waals surface area (Å²) in [7, 11) is 0. The number of amides is 1. The van der Waals surface area contributed by atoms with Gasteiger partial charge in [-0.3, -0.25) is 4.79 Å². The molecule has 0 unspecified atom stereocenters. The van der Waals surface area contributed by atoms with Gasteiger partial charge in [0.2, 0.25) is 0 Å². The van der Waals surface area contributed by atoms with Crippen LogP contribution in [-0.2, 0) is 0 Å². The molecule has 0 radical (unpaired) electrons. The third-order valence-corrected chi connectivity index (χ3v) is 2.10. The number of carbonyl (C=O) groups excluding carboxylic acids is 1. The second-order valence-corrected chi connectivity index (χ2v) is 3.27. The first-order valence-electron chi connectivity index (χ1n) is 4.27. The third-order valence-electron chi connectivity index (χ3n) is 1.59. The molecule has 0 aliphatic rings. The summed E-state index contributed by atoms with van der Waals surface area (Å²) < 4.78 is 3.59. The Kier molecular flexibility index (Phi) is 4.58. The average Bonchev–Trinajstić information content (AvgIpc) is 2.70. The number of aromatic nitrogens is 2. The molecular weight excluding hydrogens is 200 g/mol. The Hall–Kier alpha value is -1.48. The van der Waals surface area contributed by atoms with Crippen molar-refractivity contribution in [1.29, 1.82) is 5.26 Å². The van der Waals surface area contributed by atoms with Crippen LogP contribution >= 0.6 is 11.5 Å². The van der Waals surface area contributed by atoms with Crippen LogP contribution < -0.4 is 5.32 Å². The smallest absolute Gasteiger partial charge is 0.272 e. The van der Waals surface area contributed by atoms with E-state index in [1.165, 1.54) is 0 Å². The SMILES string of the molecule is N#CCCCCNC(=O)c1csnn1. The molecular formula is C8H10N4OS. The first-order chi connectivity index (χ1) is 6.84. The van der Waals surface area contributed by atoms with E-state index in [1.807, 2.05) is 6.07 Å². The van der Waals surface area contributed by atoms with E-state index in [0.717, 1.165) is 24.4 Å². The number of hydrogen-bond acceptors (Lipinski definition) is 5. The van der Waals surface area contributed by atoms with Crippen molar-refractivity contribution in [2.45, 2.75) is 19.3 Å². The molecule has 0 saturated heterocycles. The van der Waals surface area contributed by atoms with E-state index in [9.17, 15) is 4.79 Å². The summed E-state index contributed by atoms with van der Waals surface area (Å²) in [6.07, 6.45) is 2.16. The van der Waals surface area contributed by atoms with Gasteiger partial charge in [0.05, 0.1) is 6.07 Å². The van der Waals surface area contributed by atoms with Crippen molar-refractivity contribution in [3.8, 4) is 6.07 Å². The molecule has 1 aromatic rings. The summed E-state index contributed by atoms with van der Waals surface area (Å²) in [6, 6.07) is 2.05. The summed E-state index contributed by atoms with van der Waals surface area (Å²) >= 11 is 1.15.